The molecule has 6 atom stereocenters. The molecule has 0 aromatic heterocycles. The van der Waals surface area contributed by atoms with Crippen LogP contribution in [0.15, 0.2) is 12.2 Å². The lowest BCUT2D eigenvalue weighted by atomic mass is 9.84. The standard InChI is InChI=1S/C31H56O6Si/c1-31(2,3)38(4,5)37-27(23-14-10-11-15-23)20-19-25-24(16-8-6-7-9-17-29(33)34)26(32)22-28(25)36-30-18-12-13-21-35-30/h6,8,23-28,30,32H,7,9-22H2,1-5H3,(H,33,34)/b8-6-/t24-,25-,26+,27+,28?,30?/m1/s1. The molecular formula is C31H56O6Si. The van der Waals surface area contributed by atoms with Gasteiger partial charge in [0.1, 0.15) is 0 Å². The van der Waals surface area contributed by atoms with Crippen molar-refractivity contribution in [3.63, 3.8) is 0 Å². The highest BCUT2D eigenvalue weighted by Gasteiger charge is 2.45. The van der Waals surface area contributed by atoms with Gasteiger partial charge in [0.2, 0.25) is 0 Å². The van der Waals surface area contributed by atoms with Gasteiger partial charge in [-0.1, -0.05) is 45.8 Å². The molecule has 0 amide bonds. The second-order valence-electron chi connectivity index (χ2n) is 13.6. The summed E-state index contributed by atoms with van der Waals surface area (Å²) in [6.07, 6.45) is 17.5. The normalized spacial score (nSPS) is 30.3. The number of unbranched alkanes of at least 4 members (excludes halogenated alkanes) is 1. The first-order valence-electron chi connectivity index (χ1n) is 15.5. The first-order valence-corrected chi connectivity index (χ1v) is 18.4. The predicted molar refractivity (Wildman–Crippen MR) is 155 cm³/mol. The lowest BCUT2D eigenvalue weighted by Crippen LogP contribution is -2.45. The molecule has 1 saturated heterocycles. The summed E-state index contributed by atoms with van der Waals surface area (Å²) in [5.41, 5.74) is 0. The average molecular weight is 553 g/mol. The highest BCUT2D eigenvalue weighted by atomic mass is 28.4. The van der Waals surface area contributed by atoms with Gasteiger partial charge in [-0.3, -0.25) is 4.79 Å². The topological polar surface area (TPSA) is 85.2 Å². The second-order valence-corrected chi connectivity index (χ2v) is 18.4. The van der Waals surface area contributed by atoms with Crippen LogP contribution in [0.25, 0.3) is 0 Å². The van der Waals surface area contributed by atoms with E-state index in [1.54, 1.807) is 0 Å². The quantitative estimate of drug-likeness (QED) is 0.132. The van der Waals surface area contributed by atoms with Gasteiger partial charge < -0.3 is 24.1 Å². The zero-order valence-electron chi connectivity index (χ0n) is 24.8. The summed E-state index contributed by atoms with van der Waals surface area (Å²) >= 11 is 0. The van der Waals surface area contributed by atoms with Gasteiger partial charge >= 0.3 is 5.97 Å². The van der Waals surface area contributed by atoms with E-state index < -0.39 is 14.3 Å². The van der Waals surface area contributed by atoms with Crippen LogP contribution in [0, 0.1) is 17.8 Å². The summed E-state index contributed by atoms with van der Waals surface area (Å²) in [4.78, 5) is 10.8. The minimum atomic E-state index is -1.89. The molecule has 3 aliphatic rings. The number of aliphatic hydroxyl groups excluding tert-OH is 1. The van der Waals surface area contributed by atoms with E-state index in [0.29, 0.717) is 18.8 Å². The van der Waals surface area contributed by atoms with Gasteiger partial charge in [-0.2, -0.15) is 0 Å². The van der Waals surface area contributed by atoms with Crippen LogP contribution in [0.3, 0.4) is 0 Å². The van der Waals surface area contributed by atoms with Gasteiger partial charge in [0.05, 0.1) is 12.2 Å². The Morgan fingerprint density at radius 3 is 2.42 bits per heavy atom. The molecule has 1 heterocycles. The van der Waals surface area contributed by atoms with Crippen molar-refractivity contribution in [3.8, 4) is 0 Å². The molecule has 0 aromatic carbocycles. The molecule has 3 fully saturated rings. The fourth-order valence-electron chi connectivity index (χ4n) is 6.42. The summed E-state index contributed by atoms with van der Waals surface area (Å²) in [6.45, 7) is 12.5. The Bertz CT molecular complexity index is 735. The van der Waals surface area contributed by atoms with Crippen LogP contribution in [-0.4, -0.2) is 55.7 Å². The van der Waals surface area contributed by atoms with E-state index in [1.807, 2.05) is 0 Å². The molecule has 0 spiro atoms. The van der Waals surface area contributed by atoms with Crippen molar-refractivity contribution < 1.29 is 28.9 Å². The van der Waals surface area contributed by atoms with Crippen LogP contribution in [0.4, 0.5) is 0 Å². The molecule has 7 heteroatoms. The highest BCUT2D eigenvalue weighted by molar-refractivity contribution is 6.74. The molecule has 0 radical (unpaired) electrons. The van der Waals surface area contributed by atoms with Gasteiger partial charge in [0.15, 0.2) is 14.6 Å². The average Bonchev–Trinajstić information content (AvgIpc) is 3.47. The van der Waals surface area contributed by atoms with E-state index in [0.717, 1.165) is 51.6 Å². The van der Waals surface area contributed by atoms with Gasteiger partial charge in [0.25, 0.3) is 0 Å². The van der Waals surface area contributed by atoms with Crippen LogP contribution in [0.5, 0.6) is 0 Å². The number of aliphatic carboxylic acids is 1. The lowest BCUT2D eigenvalue weighted by Gasteiger charge is -2.41. The van der Waals surface area contributed by atoms with Crippen molar-refractivity contribution in [1.82, 2.24) is 0 Å². The number of carboxylic acids is 1. The van der Waals surface area contributed by atoms with Crippen molar-refractivity contribution in [3.05, 3.63) is 12.2 Å². The molecule has 38 heavy (non-hydrogen) atoms. The monoisotopic (exact) mass is 552 g/mol. The Balaban J connectivity index is 1.69. The number of carbonyl (C=O) groups is 1. The van der Waals surface area contributed by atoms with Gasteiger partial charge in [-0.05, 0) is 100 Å². The molecule has 220 valence electrons. The van der Waals surface area contributed by atoms with Crippen LogP contribution in [-0.2, 0) is 18.7 Å². The van der Waals surface area contributed by atoms with Crippen LogP contribution in [0.2, 0.25) is 18.1 Å². The van der Waals surface area contributed by atoms with Crippen molar-refractivity contribution in [2.75, 3.05) is 6.61 Å². The van der Waals surface area contributed by atoms with Gasteiger partial charge in [-0.25, -0.2) is 0 Å². The fourth-order valence-corrected chi connectivity index (χ4v) is 7.85. The van der Waals surface area contributed by atoms with Crippen LogP contribution >= 0.6 is 0 Å². The number of hydrogen-bond acceptors (Lipinski definition) is 5. The molecule has 2 aliphatic carbocycles. The Labute approximate surface area is 233 Å². The van der Waals surface area contributed by atoms with E-state index in [9.17, 15) is 9.90 Å². The summed E-state index contributed by atoms with van der Waals surface area (Å²) in [5, 5.41) is 20.2. The van der Waals surface area contributed by atoms with E-state index in [1.165, 1.54) is 25.7 Å². The molecular weight excluding hydrogens is 496 g/mol. The minimum absolute atomic E-state index is 0.00982. The third-order valence-electron chi connectivity index (χ3n) is 9.76. The number of rotatable bonds is 14. The van der Waals surface area contributed by atoms with E-state index in [-0.39, 0.29) is 47.9 Å². The molecule has 2 N–H and O–H groups in total. The number of carboxylic acid groups (broad SMARTS) is 1. The van der Waals surface area contributed by atoms with E-state index in [2.05, 4.69) is 46.0 Å². The number of ether oxygens (including phenoxy) is 2. The van der Waals surface area contributed by atoms with E-state index >= 15 is 0 Å². The van der Waals surface area contributed by atoms with E-state index in [4.69, 9.17) is 19.0 Å². The van der Waals surface area contributed by atoms with Crippen molar-refractivity contribution in [1.29, 1.82) is 0 Å². The van der Waals surface area contributed by atoms with Crippen molar-refractivity contribution >= 4 is 14.3 Å². The molecule has 2 unspecified atom stereocenters. The van der Waals surface area contributed by atoms with Crippen molar-refractivity contribution in [2.24, 2.45) is 17.8 Å². The SMILES string of the molecule is CC(C)(C)[Si](C)(C)O[C@@H](CC[C@H]1C(OC2CCCCO2)C[C@H](O)[C@@H]1C/C=C\CCCC(=O)O)C1CCCC1. The first-order chi connectivity index (χ1) is 18.0. The maximum absolute atomic E-state index is 11.1. The maximum Gasteiger partial charge on any atom is 0.303 e. The third kappa shape index (κ3) is 9.43. The molecule has 3 rings (SSSR count). The Morgan fingerprint density at radius 2 is 1.79 bits per heavy atom. The largest absolute Gasteiger partial charge is 0.481 e. The summed E-state index contributed by atoms with van der Waals surface area (Å²) in [6, 6.07) is 0. The third-order valence-corrected chi connectivity index (χ3v) is 14.3. The fraction of sp³-hybridized carbons (Fsp3) is 0.903. The Morgan fingerprint density at radius 1 is 1.08 bits per heavy atom. The Hall–Kier alpha value is -0.733. The summed E-state index contributed by atoms with van der Waals surface area (Å²) in [5.74, 6) is 0.318. The summed E-state index contributed by atoms with van der Waals surface area (Å²) in [7, 11) is -1.89. The number of hydrogen-bond donors (Lipinski definition) is 2. The highest BCUT2D eigenvalue weighted by Crippen LogP contribution is 2.45. The predicted octanol–water partition coefficient (Wildman–Crippen LogP) is 7.46. The molecule has 6 nitrogen and oxygen atoms in total. The number of aliphatic hydroxyl groups is 1. The smallest absolute Gasteiger partial charge is 0.303 e. The zero-order valence-corrected chi connectivity index (χ0v) is 25.8. The second kappa shape index (κ2) is 14.8. The zero-order chi connectivity index (χ0) is 27.8. The van der Waals surface area contributed by atoms with Crippen molar-refractivity contribution in [2.45, 2.75) is 153 Å². The first kappa shape index (κ1) is 31.8. The maximum atomic E-state index is 11.1. The molecule has 2 saturated carbocycles. The lowest BCUT2D eigenvalue weighted by molar-refractivity contribution is -0.196. The van der Waals surface area contributed by atoms with Gasteiger partial charge in [-0.15, -0.1) is 0 Å². The summed E-state index contributed by atoms with van der Waals surface area (Å²) < 4.78 is 19.6. The molecule has 0 bridgehead atoms. The molecule has 0 aromatic rings. The van der Waals surface area contributed by atoms with Crippen LogP contribution < -0.4 is 0 Å². The van der Waals surface area contributed by atoms with Crippen LogP contribution in [0.1, 0.15) is 111 Å². The Kier molecular flexibility index (Phi) is 12.4. The number of allylic oxidation sites excluding steroid dienone is 2. The molecule has 1 aliphatic heterocycles. The minimum Gasteiger partial charge on any atom is -0.481 e. The van der Waals surface area contributed by atoms with Gasteiger partial charge in [0, 0.05) is 25.6 Å².